The number of aromatic nitrogens is 1. The molecule has 0 fully saturated rings. The first kappa shape index (κ1) is 20.9. The predicted molar refractivity (Wildman–Crippen MR) is 110 cm³/mol. The van der Waals surface area contributed by atoms with E-state index >= 15 is 0 Å². The van der Waals surface area contributed by atoms with Gasteiger partial charge in [-0.2, -0.15) is 0 Å². The second-order valence-corrected chi connectivity index (χ2v) is 7.86. The normalized spacial score (nSPS) is 10.9. The van der Waals surface area contributed by atoms with Crippen molar-refractivity contribution in [2.75, 3.05) is 5.32 Å². The molecule has 146 valence electrons. The molecule has 3 amide bonds. The minimum Gasteiger partial charge on any atom is -0.349 e. The number of amides is 3. The van der Waals surface area contributed by atoms with E-state index in [4.69, 9.17) is 0 Å². The number of hydrogen-bond donors (Lipinski definition) is 2. The minimum atomic E-state index is -0.190. The molecule has 2 aromatic rings. The molecule has 1 aromatic carbocycles. The number of nitrogens with one attached hydrogen (secondary N) is 2. The standard InChI is InChI=1S/C20H28N4O2S/c1-6-15-9-7-8-10-16(15)23-20(26)24(14(4)5)11-18-22-17(12-27-18)19(25)21-13(2)3/h7-10,12-14H,6,11H2,1-5H3,(H,21,25)(H,23,26). The molecule has 0 saturated carbocycles. The molecule has 0 aliphatic carbocycles. The third-order valence-electron chi connectivity index (χ3n) is 4.03. The van der Waals surface area contributed by atoms with Crippen molar-refractivity contribution >= 4 is 29.0 Å². The Hall–Kier alpha value is -2.41. The van der Waals surface area contributed by atoms with Gasteiger partial charge in [0.25, 0.3) is 5.91 Å². The van der Waals surface area contributed by atoms with Crippen LogP contribution in [0.2, 0.25) is 0 Å². The summed E-state index contributed by atoms with van der Waals surface area (Å²) < 4.78 is 0. The maximum Gasteiger partial charge on any atom is 0.322 e. The van der Waals surface area contributed by atoms with Crippen molar-refractivity contribution in [3.63, 3.8) is 0 Å². The van der Waals surface area contributed by atoms with E-state index in [9.17, 15) is 9.59 Å². The molecule has 7 heteroatoms. The number of hydrogen-bond acceptors (Lipinski definition) is 4. The topological polar surface area (TPSA) is 74.3 Å². The molecule has 1 heterocycles. The molecule has 2 N–H and O–H groups in total. The second kappa shape index (κ2) is 9.50. The van der Waals surface area contributed by atoms with Gasteiger partial charge in [0, 0.05) is 23.2 Å². The largest absolute Gasteiger partial charge is 0.349 e. The molecule has 0 aliphatic heterocycles. The lowest BCUT2D eigenvalue weighted by Gasteiger charge is -2.26. The highest BCUT2D eigenvalue weighted by atomic mass is 32.1. The van der Waals surface area contributed by atoms with E-state index in [1.807, 2.05) is 52.0 Å². The van der Waals surface area contributed by atoms with Gasteiger partial charge in [-0.1, -0.05) is 25.1 Å². The van der Waals surface area contributed by atoms with Gasteiger partial charge in [0.05, 0.1) is 6.54 Å². The Morgan fingerprint density at radius 1 is 1.19 bits per heavy atom. The van der Waals surface area contributed by atoms with Gasteiger partial charge in [-0.3, -0.25) is 4.79 Å². The highest BCUT2D eigenvalue weighted by Gasteiger charge is 2.21. The third kappa shape index (κ3) is 5.79. The first-order valence-electron chi connectivity index (χ1n) is 9.22. The van der Waals surface area contributed by atoms with Crippen molar-refractivity contribution in [2.24, 2.45) is 0 Å². The predicted octanol–water partition coefficient (Wildman–Crippen LogP) is 4.29. The van der Waals surface area contributed by atoms with Crippen molar-refractivity contribution < 1.29 is 9.59 Å². The Kier molecular flexibility index (Phi) is 7.36. The number of aryl methyl sites for hydroxylation is 1. The van der Waals surface area contributed by atoms with Crippen LogP contribution < -0.4 is 10.6 Å². The summed E-state index contributed by atoms with van der Waals surface area (Å²) in [5.74, 6) is -0.190. The Morgan fingerprint density at radius 3 is 2.52 bits per heavy atom. The zero-order valence-corrected chi connectivity index (χ0v) is 17.4. The molecule has 0 atom stereocenters. The highest BCUT2D eigenvalue weighted by Crippen LogP contribution is 2.19. The number of benzene rings is 1. The van der Waals surface area contributed by atoms with Crippen LogP contribution in [0.4, 0.5) is 10.5 Å². The molecule has 1 aromatic heterocycles. The maximum absolute atomic E-state index is 12.8. The summed E-state index contributed by atoms with van der Waals surface area (Å²) >= 11 is 1.39. The van der Waals surface area contributed by atoms with Crippen molar-refractivity contribution in [2.45, 2.75) is 59.7 Å². The Balaban J connectivity index is 2.10. The summed E-state index contributed by atoms with van der Waals surface area (Å²) in [4.78, 5) is 31.0. The molecule has 0 unspecified atom stereocenters. The first-order valence-corrected chi connectivity index (χ1v) is 10.1. The van der Waals surface area contributed by atoms with Crippen LogP contribution in [0.25, 0.3) is 0 Å². The summed E-state index contributed by atoms with van der Waals surface area (Å²) in [7, 11) is 0. The Labute approximate surface area is 165 Å². The summed E-state index contributed by atoms with van der Waals surface area (Å²) in [6.45, 7) is 10.2. The van der Waals surface area contributed by atoms with E-state index in [0.717, 1.165) is 22.7 Å². The third-order valence-corrected chi connectivity index (χ3v) is 4.87. The number of anilines is 1. The van der Waals surface area contributed by atoms with Gasteiger partial charge in [0.2, 0.25) is 0 Å². The van der Waals surface area contributed by atoms with Gasteiger partial charge >= 0.3 is 6.03 Å². The van der Waals surface area contributed by atoms with E-state index in [-0.39, 0.29) is 24.0 Å². The lowest BCUT2D eigenvalue weighted by atomic mass is 10.1. The van der Waals surface area contributed by atoms with Crippen LogP contribution >= 0.6 is 11.3 Å². The molecule has 0 aliphatic rings. The second-order valence-electron chi connectivity index (χ2n) is 6.92. The SMILES string of the molecule is CCc1ccccc1NC(=O)N(Cc1nc(C(=O)NC(C)C)cs1)C(C)C. The number of carbonyl (C=O) groups excluding carboxylic acids is 2. The molecular formula is C20H28N4O2S. The molecular weight excluding hydrogens is 360 g/mol. The van der Waals surface area contributed by atoms with E-state index < -0.39 is 0 Å². The van der Waals surface area contributed by atoms with E-state index in [0.29, 0.717) is 12.2 Å². The molecule has 0 radical (unpaired) electrons. The van der Waals surface area contributed by atoms with E-state index in [2.05, 4.69) is 22.5 Å². The first-order chi connectivity index (χ1) is 12.8. The van der Waals surface area contributed by atoms with Crippen molar-refractivity contribution in [1.82, 2.24) is 15.2 Å². The average molecular weight is 389 g/mol. The van der Waals surface area contributed by atoms with Gasteiger partial charge in [0.15, 0.2) is 0 Å². The van der Waals surface area contributed by atoms with Crippen LogP contribution in [0.3, 0.4) is 0 Å². The van der Waals surface area contributed by atoms with E-state index in [1.54, 1.807) is 10.3 Å². The Morgan fingerprint density at radius 2 is 1.89 bits per heavy atom. The van der Waals surface area contributed by atoms with Crippen molar-refractivity contribution in [3.05, 3.63) is 45.9 Å². The fourth-order valence-electron chi connectivity index (χ4n) is 2.60. The average Bonchev–Trinajstić information content (AvgIpc) is 3.08. The van der Waals surface area contributed by atoms with Crippen LogP contribution in [-0.4, -0.2) is 33.9 Å². The number of urea groups is 1. The lowest BCUT2D eigenvalue weighted by Crippen LogP contribution is -2.39. The number of carbonyl (C=O) groups is 2. The van der Waals surface area contributed by atoms with Crippen LogP contribution in [0.15, 0.2) is 29.6 Å². The van der Waals surface area contributed by atoms with Gasteiger partial charge in [-0.25, -0.2) is 9.78 Å². The fourth-order valence-corrected chi connectivity index (χ4v) is 3.37. The highest BCUT2D eigenvalue weighted by molar-refractivity contribution is 7.09. The fraction of sp³-hybridized carbons (Fsp3) is 0.450. The molecule has 27 heavy (non-hydrogen) atoms. The lowest BCUT2D eigenvalue weighted by molar-refractivity contribution is 0.0938. The Bertz CT molecular complexity index is 786. The zero-order chi connectivity index (χ0) is 20.0. The van der Waals surface area contributed by atoms with Crippen LogP contribution in [0.1, 0.15) is 55.7 Å². The van der Waals surface area contributed by atoms with E-state index in [1.165, 1.54) is 11.3 Å². The number of rotatable bonds is 7. The van der Waals surface area contributed by atoms with Crippen molar-refractivity contribution in [3.8, 4) is 0 Å². The molecule has 6 nitrogen and oxygen atoms in total. The van der Waals surface area contributed by atoms with Crippen LogP contribution in [-0.2, 0) is 13.0 Å². The van der Waals surface area contributed by atoms with Crippen LogP contribution in [0.5, 0.6) is 0 Å². The molecule has 2 rings (SSSR count). The number of nitrogens with zero attached hydrogens (tertiary/aromatic N) is 2. The van der Waals surface area contributed by atoms with Gasteiger partial charge in [-0.05, 0) is 45.7 Å². The summed E-state index contributed by atoms with van der Waals surface area (Å²) in [5, 5.41) is 8.30. The molecule has 0 spiro atoms. The smallest absolute Gasteiger partial charge is 0.322 e. The van der Waals surface area contributed by atoms with Gasteiger partial charge < -0.3 is 15.5 Å². The summed E-state index contributed by atoms with van der Waals surface area (Å²) in [6, 6.07) is 7.68. The van der Waals surface area contributed by atoms with Gasteiger partial charge in [-0.15, -0.1) is 11.3 Å². The van der Waals surface area contributed by atoms with Crippen molar-refractivity contribution in [1.29, 1.82) is 0 Å². The maximum atomic E-state index is 12.8. The number of para-hydroxylation sites is 1. The number of thiazole rings is 1. The van der Waals surface area contributed by atoms with Gasteiger partial charge in [0.1, 0.15) is 10.7 Å². The van der Waals surface area contributed by atoms with Crippen LogP contribution in [0, 0.1) is 0 Å². The monoisotopic (exact) mass is 388 g/mol. The minimum absolute atomic E-state index is 0.00405. The summed E-state index contributed by atoms with van der Waals surface area (Å²) in [6.07, 6.45) is 0.846. The quantitative estimate of drug-likeness (QED) is 0.743. The summed E-state index contributed by atoms with van der Waals surface area (Å²) in [5.41, 5.74) is 2.31. The molecule has 0 saturated heterocycles. The zero-order valence-electron chi connectivity index (χ0n) is 16.6. The molecule has 0 bridgehead atoms.